The second-order valence-electron chi connectivity index (χ2n) is 6.06. The number of nitrogens with one attached hydrogen (secondary N) is 1. The van der Waals surface area contributed by atoms with Gasteiger partial charge in [-0.25, -0.2) is 0 Å². The minimum absolute atomic E-state index is 0.0741. The molecule has 2 heterocycles. The Bertz CT molecular complexity index is 1090. The van der Waals surface area contributed by atoms with Crippen LogP contribution < -0.4 is 5.56 Å². The molecule has 0 radical (unpaired) electrons. The highest BCUT2D eigenvalue weighted by atomic mass is 16.3. The summed E-state index contributed by atoms with van der Waals surface area (Å²) in [5, 5.41) is 2.49. The standard InChI is InChI=1S/C20H20N2O2/c1-3-22(4-2)12-13-8-7-11-16-17-19(24-18(13)16)14-9-5-6-10-15(14)20(23)21-17/h5-11H,3-4,12H2,1-2H3,(H,21,23). The minimum Gasteiger partial charge on any atom is -0.453 e. The molecule has 1 N–H and O–H groups in total. The van der Waals surface area contributed by atoms with Crippen LogP contribution in [0.25, 0.3) is 32.8 Å². The van der Waals surface area contributed by atoms with Crippen molar-refractivity contribution in [1.82, 2.24) is 9.88 Å². The van der Waals surface area contributed by atoms with Crippen molar-refractivity contribution in [2.24, 2.45) is 0 Å². The normalized spacial score (nSPS) is 12.0. The van der Waals surface area contributed by atoms with Gasteiger partial charge in [-0.15, -0.1) is 0 Å². The summed E-state index contributed by atoms with van der Waals surface area (Å²) in [6.45, 7) is 7.15. The predicted octanol–water partition coefficient (Wildman–Crippen LogP) is 4.27. The summed E-state index contributed by atoms with van der Waals surface area (Å²) in [7, 11) is 0. The predicted molar refractivity (Wildman–Crippen MR) is 98.5 cm³/mol. The van der Waals surface area contributed by atoms with Crippen LogP contribution in [0.1, 0.15) is 19.4 Å². The van der Waals surface area contributed by atoms with Crippen LogP contribution >= 0.6 is 0 Å². The summed E-state index contributed by atoms with van der Waals surface area (Å²) in [4.78, 5) is 17.7. The molecule has 0 unspecified atom stereocenters. The van der Waals surface area contributed by atoms with Gasteiger partial charge < -0.3 is 9.40 Å². The summed E-state index contributed by atoms with van der Waals surface area (Å²) in [6, 6.07) is 13.7. The zero-order chi connectivity index (χ0) is 16.7. The number of aromatic amines is 1. The van der Waals surface area contributed by atoms with Crippen molar-refractivity contribution in [2.75, 3.05) is 13.1 Å². The molecule has 0 aliphatic carbocycles. The summed E-state index contributed by atoms with van der Waals surface area (Å²) in [6.07, 6.45) is 0. The van der Waals surface area contributed by atoms with Crippen LogP contribution in [0.3, 0.4) is 0 Å². The van der Waals surface area contributed by atoms with Gasteiger partial charge in [0.25, 0.3) is 5.56 Å². The topological polar surface area (TPSA) is 49.2 Å². The van der Waals surface area contributed by atoms with Gasteiger partial charge in [0.2, 0.25) is 0 Å². The van der Waals surface area contributed by atoms with Crippen LogP contribution in [0.5, 0.6) is 0 Å². The van der Waals surface area contributed by atoms with E-state index in [1.807, 2.05) is 36.4 Å². The number of H-pyrrole nitrogens is 1. The first-order valence-electron chi connectivity index (χ1n) is 8.40. The number of fused-ring (bicyclic) bond motifs is 5. The monoisotopic (exact) mass is 320 g/mol. The highest BCUT2D eigenvalue weighted by molar-refractivity contribution is 6.12. The van der Waals surface area contributed by atoms with Crippen LogP contribution in [-0.2, 0) is 6.54 Å². The van der Waals surface area contributed by atoms with Gasteiger partial charge >= 0.3 is 0 Å². The molecule has 0 atom stereocenters. The Morgan fingerprint density at radius 3 is 2.38 bits per heavy atom. The number of rotatable bonds is 4. The lowest BCUT2D eigenvalue weighted by molar-refractivity contribution is 0.296. The van der Waals surface area contributed by atoms with Gasteiger partial charge in [-0.3, -0.25) is 9.69 Å². The van der Waals surface area contributed by atoms with E-state index >= 15 is 0 Å². The summed E-state index contributed by atoms with van der Waals surface area (Å²) in [5.41, 5.74) is 3.49. The SMILES string of the molecule is CCN(CC)Cc1cccc2c1oc1c3ccccc3c(=O)[nH]c21. The molecule has 24 heavy (non-hydrogen) atoms. The fraction of sp³-hybridized carbons (Fsp3) is 0.250. The van der Waals surface area contributed by atoms with Gasteiger partial charge in [-0.1, -0.05) is 44.2 Å². The molecule has 0 spiro atoms. The van der Waals surface area contributed by atoms with E-state index in [2.05, 4.69) is 29.8 Å². The molecular formula is C20H20N2O2. The smallest absolute Gasteiger partial charge is 0.256 e. The first-order chi connectivity index (χ1) is 11.7. The van der Waals surface area contributed by atoms with Crippen molar-refractivity contribution >= 4 is 32.8 Å². The van der Waals surface area contributed by atoms with Gasteiger partial charge in [0.1, 0.15) is 5.58 Å². The van der Waals surface area contributed by atoms with E-state index in [1.165, 1.54) is 0 Å². The number of nitrogens with zero attached hydrogens (tertiary/aromatic N) is 1. The third-order valence-corrected chi connectivity index (χ3v) is 4.74. The second kappa shape index (κ2) is 5.80. The van der Waals surface area contributed by atoms with E-state index in [4.69, 9.17) is 4.42 Å². The molecule has 0 aliphatic rings. The van der Waals surface area contributed by atoms with E-state index in [9.17, 15) is 4.79 Å². The molecule has 4 aromatic rings. The maximum atomic E-state index is 12.4. The molecule has 0 amide bonds. The largest absolute Gasteiger partial charge is 0.453 e. The summed E-state index contributed by atoms with van der Waals surface area (Å²) in [5.74, 6) is 0. The van der Waals surface area contributed by atoms with Crippen LogP contribution in [0.2, 0.25) is 0 Å². The van der Waals surface area contributed by atoms with Crippen molar-refractivity contribution in [3.8, 4) is 0 Å². The van der Waals surface area contributed by atoms with Crippen LogP contribution in [0.15, 0.2) is 51.7 Å². The Hall–Kier alpha value is -2.59. The molecule has 0 saturated carbocycles. The molecule has 4 rings (SSSR count). The Labute approximate surface area is 139 Å². The van der Waals surface area contributed by atoms with Gasteiger partial charge in [0.15, 0.2) is 5.58 Å². The average molecular weight is 320 g/mol. The highest BCUT2D eigenvalue weighted by Crippen LogP contribution is 2.33. The Balaban J connectivity index is 2.04. The van der Waals surface area contributed by atoms with E-state index in [1.54, 1.807) is 0 Å². The third-order valence-electron chi connectivity index (χ3n) is 4.74. The van der Waals surface area contributed by atoms with Gasteiger partial charge in [-0.2, -0.15) is 0 Å². The van der Waals surface area contributed by atoms with E-state index < -0.39 is 0 Å². The lowest BCUT2D eigenvalue weighted by Gasteiger charge is -2.17. The Kier molecular flexibility index (Phi) is 3.62. The molecule has 122 valence electrons. The molecule has 2 aromatic carbocycles. The van der Waals surface area contributed by atoms with Crippen molar-refractivity contribution in [3.63, 3.8) is 0 Å². The van der Waals surface area contributed by atoms with Gasteiger partial charge in [0.05, 0.1) is 10.9 Å². The zero-order valence-corrected chi connectivity index (χ0v) is 13.9. The quantitative estimate of drug-likeness (QED) is 0.611. The zero-order valence-electron chi connectivity index (χ0n) is 13.9. The molecule has 2 aromatic heterocycles. The fourth-order valence-corrected chi connectivity index (χ4v) is 3.36. The lowest BCUT2D eigenvalue weighted by Crippen LogP contribution is -2.22. The maximum absolute atomic E-state index is 12.4. The first kappa shape index (κ1) is 15.0. The van der Waals surface area contributed by atoms with Crippen LogP contribution in [0.4, 0.5) is 0 Å². The van der Waals surface area contributed by atoms with Crippen molar-refractivity contribution < 1.29 is 4.42 Å². The molecule has 0 saturated heterocycles. The number of aromatic nitrogens is 1. The molecule has 0 fully saturated rings. The minimum atomic E-state index is -0.0741. The fourth-order valence-electron chi connectivity index (χ4n) is 3.36. The Morgan fingerprint density at radius 1 is 0.917 bits per heavy atom. The Morgan fingerprint density at radius 2 is 1.62 bits per heavy atom. The molecule has 4 nitrogen and oxygen atoms in total. The summed E-state index contributed by atoms with van der Waals surface area (Å²) >= 11 is 0. The number of hydrogen-bond donors (Lipinski definition) is 1. The number of furan rings is 1. The average Bonchev–Trinajstić information content (AvgIpc) is 2.99. The van der Waals surface area contributed by atoms with Crippen molar-refractivity contribution in [1.29, 1.82) is 0 Å². The summed E-state index contributed by atoms with van der Waals surface area (Å²) < 4.78 is 6.24. The number of pyridine rings is 1. The van der Waals surface area contributed by atoms with Crippen molar-refractivity contribution in [2.45, 2.75) is 20.4 Å². The number of para-hydroxylation sites is 1. The molecule has 0 bridgehead atoms. The number of hydrogen-bond acceptors (Lipinski definition) is 3. The lowest BCUT2D eigenvalue weighted by atomic mass is 10.1. The van der Waals surface area contributed by atoms with E-state index in [-0.39, 0.29) is 5.56 Å². The second-order valence-corrected chi connectivity index (χ2v) is 6.06. The molecular weight excluding hydrogens is 300 g/mol. The first-order valence-corrected chi connectivity index (χ1v) is 8.40. The highest BCUT2D eigenvalue weighted by Gasteiger charge is 2.16. The van der Waals surface area contributed by atoms with E-state index in [0.29, 0.717) is 5.39 Å². The number of benzene rings is 2. The van der Waals surface area contributed by atoms with Gasteiger partial charge in [-0.05, 0) is 25.2 Å². The van der Waals surface area contributed by atoms with Crippen LogP contribution in [-0.4, -0.2) is 23.0 Å². The third kappa shape index (κ3) is 2.22. The maximum Gasteiger partial charge on any atom is 0.256 e. The van der Waals surface area contributed by atoms with Crippen LogP contribution in [0, 0.1) is 0 Å². The van der Waals surface area contributed by atoms with E-state index in [0.717, 1.165) is 52.7 Å². The van der Waals surface area contributed by atoms with Gasteiger partial charge in [0, 0.05) is 22.9 Å². The molecule has 0 aliphatic heterocycles. The molecule has 4 heteroatoms. The van der Waals surface area contributed by atoms with Crippen molar-refractivity contribution in [3.05, 3.63) is 58.4 Å².